The lowest BCUT2D eigenvalue weighted by Gasteiger charge is -2.40. The first-order chi connectivity index (χ1) is 19.9. The van der Waals surface area contributed by atoms with Crippen LogP contribution >= 0.6 is 0 Å². The zero-order valence-electron chi connectivity index (χ0n) is 24.8. The van der Waals surface area contributed by atoms with Crippen LogP contribution in [-0.4, -0.2) is 20.8 Å². The fraction of sp³-hybridized carbons (Fsp3) is 0.158. The van der Waals surface area contributed by atoms with Crippen molar-refractivity contribution in [1.82, 2.24) is 0 Å². The molecule has 0 bridgehead atoms. The van der Waals surface area contributed by atoms with Crippen LogP contribution in [0.4, 0.5) is 0 Å². The Labute approximate surface area is 247 Å². The van der Waals surface area contributed by atoms with Gasteiger partial charge in [0, 0.05) is 11.3 Å². The molecule has 3 aromatic rings. The average molecular weight is 534 g/mol. The van der Waals surface area contributed by atoms with Gasteiger partial charge in [-0.1, -0.05) is 145 Å². The van der Waals surface area contributed by atoms with Gasteiger partial charge in [0.15, 0.2) is 0 Å². The fourth-order valence-corrected chi connectivity index (χ4v) is 5.70. The van der Waals surface area contributed by atoms with Crippen LogP contribution in [0.1, 0.15) is 37.0 Å². The van der Waals surface area contributed by atoms with Gasteiger partial charge >= 0.3 is 0 Å². The molecule has 2 atom stereocenters. The number of allylic oxidation sites excluding steroid dienone is 10. The van der Waals surface area contributed by atoms with Gasteiger partial charge in [-0.15, -0.1) is 6.58 Å². The Kier molecular flexibility index (Phi) is 10.1. The van der Waals surface area contributed by atoms with E-state index in [1.165, 1.54) is 38.2 Å². The van der Waals surface area contributed by atoms with Crippen LogP contribution in [0.3, 0.4) is 0 Å². The Morgan fingerprint density at radius 2 is 1.63 bits per heavy atom. The smallest absolute Gasteiger partial charge is 0.143 e. The van der Waals surface area contributed by atoms with Crippen molar-refractivity contribution in [2.45, 2.75) is 26.7 Å². The second kappa shape index (κ2) is 13.9. The van der Waals surface area contributed by atoms with Crippen LogP contribution in [0, 0.1) is 11.3 Å². The van der Waals surface area contributed by atoms with E-state index in [2.05, 4.69) is 156 Å². The van der Waals surface area contributed by atoms with Gasteiger partial charge in [-0.25, -0.2) is 0 Å². The summed E-state index contributed by atoms with van der Waals surface area (Å²) >= 11 is 0. The van der Waals surface area contributed by atoms with E-state index >= 15 is 0 Å². The summed E-state index contributed by atoms with van der Waals surface area (Å²) in [5.74, 6) is 0.386. The molecular formula is C38H40B2O. The normalized spacial score (nSPS) is 20.4. The van der Waals surface area contributed by atoms with E-state index in [4.69, 9.17) is 0 Å². The van der Waals surface area contributed by atoms with Crippen molar-refractivity contribution in [3.63, 3.8) is 0 Å². The summed E-state index contributed by atoms with van der Waals surface area (Å²) in [5.41, 5.74) is 6.50. The van der Waals surface area contributed by atoms with Gasteiger partial charge in [-0.05, 0) is 58.5 Å². The predicted molar refractivity (Wildman–Crippen MR) is 183 cm³/mol. The molecular weight excluding hydrogens is 494 g/mol. The molecule has 3 heteroatoms. The molecule has 0 aromatic heterocycles. The molecule has 41 heavy (non-hydrogen) atoms. The molecule has 0 saturated heterocycles. The van der Waals surface area contributed by atoms with E-state index in [9.17, 15) is 5.11 Å². The number of rotatable bonds is 9. The van der Waals surface area contributed by atoms with E-state index in [-0.39, 0.29) is 17.1 Å². The minimum absolute atomic E-state index is 0.175. The van der Waals surface area contributed by atoms with Crippen LogP contribution in [0.2, 0.25) is 0 Å². The number of aliphatic hydroxyl groups excluding tert-OH is 1. The van der Waals surface area contributed by atoms with E-state index < -0.39 is 0 Å². The SMILES string of the molecule is BC(=C)/C(O)=C/C=C(/B)[C@@]1(Cc2ccccc2/C(c2ccccc2)=c2/cccc/c2=C\C)C=CC=CC1/C=C/CC. The van der Waals surface area contributed by atoms with Crippen molar-refractivity contribution in [2.75, 3.05) is 0 Å². The molecule has 0 fully saturated rings. The van der Waals surface area contributed by atoms with Crippen molar-refractivity contribution in [2.24, 2.45) is 11.3 Å². The fourth-order valence-electron chi connectivity index (χ4n) is 5.70. The van der Waals surface area contributed by atoms with Gasteiger partial charge in [0.2, 0.25) is 0 Å². The number of benzene rings is 3. The highest BCUT2D eigenvalue weighted by atomic mass is 16.3. The summed E-state index contributed by atoms with van der Waals surface area (Å²) in [7, 11) is 4.01. The lowest BCUT2D eigenvalue weighted by Crippen LogP contribution is -2.34. The molecule has 0 saturated carbocycles. The lowest BCUT2D eigenvalue weighted by molar-refractivity contribution is 0.396. The molecule has 1 aliphatic carbocycles. The van der Waals surface area contributed by atoms with Crippen LogP contribution < -0.4 is 10.4 Å². The quantitative estimate of drug-likeness (QED) is 0.153. The Balaban J connectivity index is 2.00. The minimum atomic E-state index is -0.305. The summed E-state index contributed by atoms with van der Waals surface area (Å²) in [6, 6.07) is 28.2. The third-order valence-corrected chi connectivity index (χ3v) is 8.03. The molecule has 1 nitrogen and oxygen atoms in total. The molecule has 4 rings (SSSR count). The zero-order valence-corrected chi connectivity index (χ0v) is 24.8. The average Bonchev–Trinajstić information content (AvgIpc) is 3.00. The molecule has 0 amide bonds. The van der Waals surface area contributed by atoms with Gasteiger partial charge in [0.05, 0.1) is 0 Å². The van der Waals surface area contributed by atoms with Crippen molar-refractivity contribution in [3.8, 4) is 0 Å². The van der Waals surface area contributed by atoms with Crippen molar-refractivity contribution in [1.29, 1.82) is 0 Å². The third-order valence-electron chi connectivity index (χ3n) is 8.03. The maximum Gasteiger partial charge on any atom is 0.143 e. The first kappa shape index (κ1) is 29.7. The van der Waals surface area contributed by atoms with Gasteiger partial charge < -0.3 is 5.11 Å². The van der Waals surface area contributed by atoms with E-state index in [1.807, 2.05) is 7.85 Å². The number of hydrogen-bond donors (Lipinski definition) is 1. The predicted octanol–water partition coefficient (Wildman–Crippen LogP) is 6.08. The van der Waals surface area contributed by atoms with Gasteiger partial charge in [-0.3, -0.25) is 0 Å². The molecule has 3 aromatic carbocycles. The highest BCUT2D eigenvalue weighted by Gasteiger charge is 2.37. The first-order valence-corrected chi connectivity index (χ1v) is 14.6. The molecule has 0 radical (unpaired) electrons. The first-order valence-electron chi connectivity index (χ1n) is 14.6. The van der Waals surface area contributed by atoms with E-state index in [1.54, 1.807) is 6.08 Å². The Bertz CT molecular complexity index is 1650. The monoisotopic (exact) mass is 534 g/mol. The van der Waals surface area contributed by atoms with Crippen molar-refractivity contribution >= 4 is 27.3 Å². The van der Waals surface area contributed by atoms with Gasteiger partial charge in [0.1, 0.15) is 21.5 Å². The Morgan fingerprint density at radius 1 is 0.927 bits per heavy atom. The Hall–Kier alpha value is -4.23. The highest BCUT2D eigenvalue weighted by molar-refractivity contribution is 6.24. The highest BCUT2D eigenvalue weighted by Crippen LogP contribution is 2.44. The molecule has 1 aliphatic rings. The number of aliphatic hydroxyl groups is 1. The second-order valence-corrected chi connectivity index (χ2v) is 10.8. The lowest BCUT2D eigenvalue weighted by atomic mass is 9.58. The third kappa shape index (κ3) is 6.74. The molecule has 0 heterocycles. The summed E-state index contributed by atoms with van der Waals surface area (Å²) in [4.78, 5) is 0. The molecule has 0 aliphatic heterocycles. The van der Waals surface area contributed by atoms with Crippen LogP contribution in [0.25, 0.3) is 11.6 Å². The van der Waals surface area contributed by atoms with Crippen LogP contribution in [0.5, 0.6) is 0 Å². The largest absolute Gasteiger partial charge is 0.509 e. The zero-order chi connectivity index (χ0) is 29.2. The van der Waals surface area contributed by atoms with Crippen molar-refractivity contribution in [3.05, 3.63) is 178 Å². The molecule has 1 unspecified atom stereocenters. The maximum absolute atomic E-state index is 10.4. The van der Waals surface area contributed by atoms with Crippen LogP contribution in [0.15, 0.2) is 151 Å². The van der Waals surface area contributed by atoms with E-state index in [0.29, 0.717) is 5.47 Å². The summed E-state index contributed by atoms with van der Waals surface area (Å²) in [6.07, 6.45) is 21.4. The van der Waals surface area contributed by atoms with Gasteiger partial charge in [-0.2, -0.15) is 0 Å². The van der Waals surface area contributed by atoms with Gasteiger partial charge in [0.25, 0.3) is 0 Å². The maximum atomic E-state index is 10.4. The molecule has 204 valence electrons. The molecule has 0 spiro atoms. The summed E-state index contributed by atoms with van der Waals surface area (Å²) in [5, 5.41) is 12.9. The second-order valence-electron chi connectivity index (χ2n) is 10.8. The topological polar surface area (TPSA) is 20.2 Å². The van der Waals surface area contributed by atoms with Crippen molar-refractivity contribution < 1.29 is 5.11 Å². The standard InChI is InChI=1S/C38H40B2O/c1-4-6-20-32-21-14-15-26-38(32,36(40)25-24-35(41)28(3)39)27-31-19-11-13-23-34(31)37(30-17-8-7-9-18-30)33-22-12-10-16-29(33)5-2/h5-26,32,41H,3-4,27,39-40H2,1-2H3/b20-6+,29-5+,35-24-,36-25+,37-33-/t32?,38-/m1/s1. The summed E-state index contributed by atoms with van der Waals surface area (Å²) < 4.78 is 0. The van der Waals surface area contributed by atoms with Crippen LogP contribution in [-0.2, 0) is 6.42 Å². The van der Waals surface area contributed by atoms with E-state index in [0.717, 1.165) is 12.8 Å². The Morgan fingerprint density at radius 3 is 2.37 bits per heavy atom. The molecule has 1 N–H and O–H groups in total. The number of hydrogen-bond acceptors (Lipinski definition) is 1. The minimum Gasteiger partial charge on any atom is -0.509 e. The summed E-state index contributed by atoms with van der Waals surface area (Å²) in [6.45, 7) is 8.18.